The van der Waals surface area contributed by atoms with E-state index in [9.17, 15) is 18.0 Å². The number of fused-ring (bicyclic) bond motifs is 1. The summed E-state index contributed by atoms with van der Waals surface area (Å²) in [5.41, 5.74) is 1.00. The molecule has 10 heteroatoms. The molecule has 1 aromatic heterocycles. The van der Waals surface area contributed by atoms with Gasteiger partial charge in [-0.3, -0.25) is 4.79 Å². The monoisotopic (exact) mass is 367 g/mol. The van der Waals surface area contributed by atoms with Crippen LogP contribution in [0.4, 0.5) is 36.3 Å². The van der Waals surface area contributed by atoms with Crippen molar-refractivity contribution in [1.82, 2.24) is 9.97 Å². The van der Waals surface area contributed by atoms with Gasteiger partial charge in [-0.2, -0.15) is 18.2 Å². The first-order valence-electron chi connectivity index (χ1n) is 7.77. The largest absolute Gasteiger partial charge is 0.421 e. The quantitative estimate of drug-likeness (QED) is 0.648. The second-order valence-corrected chi connectivity index (χ2v) is 5.90. The Kier molecular flexibility index (Phi) is 4.68. The Morgan fingerprint density at radius 2 is 2.15 bits per heavy atom. The highest BCUT2D eigenvalue weighted by molar-refractivity contribution is 5.99. The number of benzene rings is 1. The van der Waals surface area contributed by atoms with Crippen molar-refractivity contribution in [3.8, 4) is 0 Å². The number of hydrogen-bond donors (Lipinski definition) is 4. The summed E-state index contributed by atoms with van der Waals surface area (Å²) < 4.78 is 39.3. The van der Waals surface area contributed by atoms with Crippen LogP contribution in [-0.4, -0.2) is 33.6 Å². The van der Waals surface area contributed by atoms with E-state index in [1.165, 1.54) is 6.92 Å². The minimum atomic E-state index is -4.63. The normalized spacial score (nSPS) is 14.6. The van der Waals surface area contributed by atoms with Crippen LogP contribution in [0.25, 0.3) is 0 Å². The zero-order valence-corrected chi connectivity index (χ0v) is 13.7. The van der Waals surface area contributed by atoms with Gasteiger partial charge in [0.15, 0.2) is 0 Å². The molecule has 1 amide bonds. The highest BCUT2D eigenvalue weighted by Crippen LogP contribution is 2.34. The average molecular weight is 367 g/mol. The van der Waals surface area contributed by atoms with Gasteiger partial charge in [0.2, 0.25) is 11.9 Å². The van der Waals surface area contributed by atoms with Crippen molar-refractivity contribution < 1.29 is 23.1 Å². The number of anilines is 4. The van der Waals surface area contributed by atoms with E-state index in [0.29, 0.717) is 17.6 Å². The van der Waals surface area contributed by atoms with Crippen molar-refractivity contribution in [3.63, 3.8) is 0 Å². The Bertz CT molecular complexity index is 841. The van der Waals surface area contributed by atoms with Crippen molar-refractivity contribution in [2.75, 3.05) is 22.6 Å². The van der Waals surface area contributed by atoms with Crippen LogP contribution in [0.1, 0.15) is 18.1 Å². The summed E-state index contributed by atoms with van der Waals surface area (Å²) in [5, 5.41) is 17.1. The molecule has 1 aliphatic heterocycles. The van der Waals surface area contributed by atoms with Gasteiger partial charge in [0, 0.05) is 23.6 Å². The number of aliphatic hydroxyl groups is 1. The summed E-state index contributed by atoms with van der Waals surface area (Å²) in [6.45, 7) is 1.18. The molecule has 1 aromatic carbocycles. The third-order valence-corrected chi connectivity index (χ3v) is 3.74. The third-order valence-electron chi connectivity index (χ3n) is 3.74. The summed E-state index contributed by atoms with van der Waals surface area (Å²) in [7, 11) is 0. The van der Waals surface area contributed by atoms with E-state index in [1.807, 2.05) is 0 Å². The Labute approximate surface area is 146 Å². The van der Waals surface area contributed by atoms with Crippen LogP contribution in [0.5, 0.6) is 0 Å². The number of rotatable bonds is 5. The van der Waals surface area contributed by atoms with E-state index < -0.39 is 23.6 Å². The lowest BCUT2D eigenvalue weighted by atomic mass is 10.1. The second kappa shape index (κ2) is 6.79. The topological polar surface area (TPSA) is 99.2 Å². The highest BCUT2D eigenvalue weighted by atomic mass is 19.4. The Morgan fingerprint density at radius 1 is 1.38 bits per heavy atom. The minimum Gasteiger partial charge on any atom is -0.394 e. The molecule has 0 bridgehead atoms. The average Bonchev–Trinajstić information content (AvgIpc) is 2.93. The van der Waals surface area contributed by atoms with Crippen LogP contribution < -0.4 is 16.0 Å². The molecule has 138 valence electrons. The van der Waals surface area contributed by atoms with E-state index in [-0.39, 0.29) is 24.9 Å². The van der Waals surface area contributed by atoms with Gasteiger partial charge in [-0.1, -0.05) is 0 Å². The van der Waals surface area contributed by atoms with E-state index in [2.05, 4.69) is 25.9 Å². The molecule has 0 aliphatic carbocycles. The molecular formula is C16H16F3N5O2. The molecule has 0 unspecified atom stereocenters. The molecule has 26 heavy (non-hydrogen) atoms. The fraction of sp³-hybridized carbons (Fsp3) is 0.312. The van der Waals surface area contributed by atoms with Crippen molar-refractivity contribution >= 4 is 29.0 Å². The first-order valence-corrected chi connectivity index (χ1v) is 7.77. The molecular weight excluding hydrogens is 351 g/mol. The molecule has 4 N–H and O–H groups in total. The van der Waals surface area contributed by atoms with Crippen molar-refractivity contribution in [2.24, 2.45) is 0 Å². The van der Waals surface area contributed by atoms with E-state index in [4.69, 9.17) is 5.11 Å². The number of nitrogens with zero attached hydrogens (tertiary/aromatic N) is 2. The van der Waals surface area contributed by atoms with E-state index >= 15 is 0 Å². The number of aliphatic hydroxyl groups excluding tert-OH is 1. The van der Waals surface area contributed by atoms with Gasteiger partial charge in [-0.25, -0.2) is 4.98 Å². The Morgan fingerprint density at radius 3 is 2.85 bits per heavy atom. The number of aromatic nitrogens is 2. The smallest absolute Gasteiger partial charge is 0.394 e. The van der Waals surface area contributed by atoms with E-state index in [0.717, 1.165) is 5.56 Å². The molecule has 0 fully saturated rings. The predicted octanol–water partition coefficient (Wildman–Crippen LogP) is 2.53. The van der Waals surface area contributed by atoms with Crippen molar-refractivity contribution in [3.05, 3.63) is 35.5 Å². The Balaban J connectivity index is 1.87. The number of amides is 1. The second-order valence-electron chi connectivity index (χ2n) is 5.90. The Hall–Kier alpha value is -2.88. The molecule has 0 saturated carbocycles. The van der Waals surface area contributed by atoms with Crippen LogP contribution in [0, 0.1) is 0 Å². The van der Waals surface area contributed by atoms with Crippen LogP contribution in [0.3, 0.4) is 0 Å². The zero-order chi connectivity index (χ0) is 18.9. The molecule has 2 heterocycles. The fourth-order valence-corrected chi connectivity index (χ4v) is 2.47. The predicted molar refractivity (Wildman–Crippen MR) is 89.3 cm³/mol. The van der Waals surface area contributed by atoms with Crippen LogP contribution in [0.2, 0.25) is 0 Å². The van der Waals surface area contributed by atoms with Gasteiger partial charge < -0.3 is 21.1 Å². The molecule has 2 aromatic rings. The zero-order valence-electron chi connectivity index (χ0n) is 13.7. The van der Waals surface area contributed by atoms with Gasteiger partial charge in [-0.05, 0) is 30.7 Å². The number of alkyl halides is 3. The van der Waals surface area contributed by atoms with Crippen LogP contribution in [-0.2, 0) is 17.4 Å². The van der Waals surface area contributed by atoms with Gasteiger partial charge in [-0.15, -0.1) is 0 Å². The summed E-state index contributed by atoms with van der Waals surface area (Å²) in [4.78, 5) is 19.0. The number of halogens is 3. The number of carbonyl (C=O) groups is 1. The van der Waals surface area contributed by atoms with Crippen molar-refractivity contribution in [1.29, 1.82) is 0 Å². The summed E-state index contributed by atoms with van der Waals surface area (Å²) in [6.07, 6.45) is -3.71. The summed E-state index contributed by atoms with van der Waals surface area (Å²) in [6, 6.07) is 4.45. The van der Waals surface area contributed by atoms with Gasteiger partial charge in [0.25, 0.3) is 0 Å². The maximum Gasteiger partial charge on any atom is 0.421 e. The van der Waals surface area contributed by atoms with E-state index in [1.54, 1.807) is 18.2 Å². The van der Waals surface area contributed by atoms with Crippen molar-refractivity contribution in [2.45, 2.75) is 25.6 Å². The lowest BCUT2D eigenvalue weighted by Gasteiger charge is -2.17. The number of carbonyl (C=O) groups excluding carboxylic acids is 1. The minimum absolute atomic E-state index is 0.0390. The molecule has 3 rings (SSSR count). The molecule has 7 nitrogen and oxygen atoms in total. The molecule has 1 aliphatic rings. The lowest BCUT2D eigenvalue weighted by molar-refractivity contribution is -0.137. The third kappa shape index (κ3) is 3.85. The van der Waals surface area contributed by atoms with Gasteiger partial charge in [0.1, 0.15) is 11.4 Å². The first-order chi connectivity index (χ1) is 12.3. The SMILES string of the molecule is C[C@@H](CO)Nc1nc(Nc2ccc3c(c2)CC(=O)N3)ncc1C(F)(F)F. The maximum atomic E-state index is 13.1. The summed E-state index contributed by atoms with van der Waals surface area (Å²) >= 11 is 0. The van der Waals surface area contributed by atoms with Gasteiger partial charge in [0.05, 0.1) is 13.0 Å². The maximum absolute atomic E-state index is 13.1. The standard InChI is InChI=1S/C16H16F3N5O2/c1-8(7-25)21-14-11(16(17,18)19)6-20-15(24-14)22-10-2-3-12-9(4-10)5-13(26)23-12/h2-4,6,8,25H,5,7H2,1H3,(H,23,26)(H2,20,21,22,24)/t8-/m0/s1. The number of hydrogen-bond acceptors (Lipinski definition) is 6. The van der Waals surface area contributed by atoms with Crippen LogP contribution in [0.15, 0.2) is 24.4 Å². The first kappa shape index (κ1) is 17.9. The van der Waals surface area contributed by atoms with Crippen LogP contribution >= 0.6 is 0 Å². The molecule has 0 radical (unpaired) electrons. The van der Waals surface area contributed by atoms with Gasteiger partial charge >= 0.3 is 6.18 Å². The molecule has 0 saturated heterocycles. The molecule has 0 spiro atoms. The fourth-order valence-electron chi connectivity index (χ4n) is 2.47. The lowest BCUT2D eigenvalue weighted by Crippen LogP contribution is -2.23. The summed E-state index contributed by atoms with van der Waals surface area (Å²) in [5.74, 6) is -0.579. The highest BCUT2D eigenvalue weighted by Gasteiger charge is 2.35. The molecule has 1 atom stereocenters. The number of nitrogens with one attached hydrogen (secondary N) is 3.